The molecule has 3 nitrogen and oxygen atoms in total. The van der Waals surface area contributed by atoms with Crippen LogP contribution in [-0.2, 0) is 13.1 Å². The van der Waals surface area contributed by atoms with Gasteiger partial charge >= 0.3 is 0 Å². The van der Waals surface area contributed by atoms with E-state index < -0.39 is 0 Å². The molecule has 0 unspecified atom stereocenters. The average molecular weight is 236 g/mol. The first kappa shape index (κ1) is 11.2. The molecular weight excluding hydrogens is 222 g/mol. The van der Waals surface area contributed by atoms with E-state index in [9.17, 15) is 0 Å². The summed E-state index contributed by atoms with van der Waals surface area (Å²) >= 11 is 5.91. The van der Waals surface area contributed by atoms with Crippen molar-refractivity contribution in [1.82, 2.24) is 15.5 Å². The number of aromatic amines is 1. The summed E-state index contributed by atoms with van der Waals surface area (Å²) < 4.78 is 0. The average Bonchev–Trinajstić information content (AvgIpc) is 2.65. The van der Waals surface area contributed by atoms with Crippen LogP contribution in [0.1, 0.15) is 16.8 Å². The SMILES string of the molecule is Cc1[nH]ncc1CNCc1cccc(Cl)c1. The van der Waals surface area contributed by atoms with E-state index in [4.69, 9.17) is 11.6 Å². The molecule has 0 spiro atoms. The lowest BCUT2D eigenvalue weighted by molar-refractivity contribution is 0.691. The number of H-pyrrole nitrogens is 1. The lowest BCUT2D eigenvalue weighted by Gasteiger charge is -2.04. The molecule has 0 bridgehead atoms. The minimum absolute atomic E-state index is 0.777. The molecule has 2 N–H and O–H groups in total. The monoisotopic (exact) mass is 235 g/mol. The van der Waals surface area contributed by atoms with Gasteiger partial charge in [0.05, 0.1) is 6.20 Å². The van der Waals surface area contributed by atoms with Crippen molar-refractivity contribution in [2.75, 3.05) is 0 Å². The highest BCUT2D eigenvalue weighted by atomic mass is 35.5. The van der Waals surface area contributed by atoms with Crippen molar-refractivity contribution in [3.05, 3.63) is 52.3 Å². The van der Waals surface area contributed by atoms with Gasteiger partial charge in [0, 0.05) is 29.4 Å². The third-order valence-corrected chi connectivity index (χ3v) is 2.70. The molecule has 0 fully saturated rings. The van der Waals surface area contributed by atoms with Crippen molar-refractivity contribution in [3.63, 3.8) is 0 Å². The molecule has 0 aliphatic heterocycles. The summed E-state index contributed by atoms with van der Waals surface area (Å²) in [6.07, 6.45) is 1.85. The topological polar surface area (TPSA) is 40.7 Å². The summed E-state index contributed by atoms with van der Waals surface area (Å²) in [5.74, 6) is 0. The van der Waals surface area contributed by atoms with Crippen LogP contribution in [0.5, 0.6) is 0 Å². The first-order chi connectivity index (χ1) is 7.75. The largest absolute Gasteiger partial charge is 0.308 e. The zero-order chi connectivity index (χ0) is 11.4. The molecular formula is C12H14ClN3. The second kappa shape index (κ2) is 5.14. The van der Waals surface area contributed by atoms with E-state index in [0.29, 0.717) is 0 Å². The Morgan fingerprint density at radius 3 is 2.94 bits per heavy atom. The lowest BCUT2D eigenvalue weighted by Crippen LogP contribution is -2.12. The summed E-state index contributed by atoms with van der Waals surface area (Å²) in [4.78, 5) is 0. The maximum absolute atomic E-state index is 5.91. The molecule has 0 aliphatic carbocycles. The Balaban J connectivity index is 1.87. The Kier molecular flexibility index (Phi) is 3.59. The first-order valence-corrected chi connectivity index (χ1v) is 5.57. The van der Waals surface area contributed by atoms with Gasteiger partial charge in [0.15, 0.2) is 0 Å². The van der Waals surface area contributed by atoms with Crippen molar-refractivity contribution < 1.29 is 0 Å². The molecule has 16 heavy (non-hydrogen) atoms. The number of aryl methyl sites for hydroxylation is 1. The lowest BCUT2D eigenvalue weighted by atomic mass is 10.2. The second-order valence-electron chi connectivity index (χ2n) is 3.75. The molecule has 0 saturated carbocycles. The van der Waals surface area contributed by atoms with Gasteiger partial charge in [0.1, 0.15) is 0 Å². The van der Waals surface area contributed by atoms with E-state index in [0.717, 1.165) is 23.8 Å². The summed E-state index contributed by atoms with van der Waals surface area (Å²) in [5, 5.41) is 11.0. The first-order valence-electron chi connectivity index (χ1n) is 5.20. The van der Waals surface area contributed by atoms with E-state index in [-0.39, 0.29) is 0 Å². The van der Waals surface area contributed by atoms with Crippen LogP contribution in [-0.4, -0.2) is 10.2 Å². The highest BCUT2D eigenvalue weighted by Gasteiger charge is 1.99. The van der Waals surface area contributed by atoms with Crippen LogP contribution >= 0.6 is 11.6 Å². The number of hydrogen-bond donors (Lipinski definition) is 2. The van der Waals surface area contributed by atoms with Crippen LogP contribution in [0, 0.1) is 6.92 Å². The van der Waals surface area contributed by atoms with Crippen molar-refractivity contribution in [1.29, 1.82) is 0 Å². The predicted molar refractivity (Wildman–Crippen MR) is 65.3 cm³/mol. The van der Waals surface area contributed by atoms with Gasteiger partial charge in [0.25, 0.3) is 0 Å². The van der Waals surface area contributed by atoms with Crippen molar-refractivity contribution in [2.45, 2.75) is 20.0 Å². The Labute approximate surface area is 99.8 Å². The van der Waals surface area contributed by atoms with Gasteiger partial charge in [-0.05, 0) is 24.6 Å². The fourth-order valence-electron chi connectivity index (χ4n) is 1.54. The molecule has 1 aromatic heterocycles. The van der Waals surface area contributed by atoms with Gasteiger partial charge in [0.2, 0.25) is 0 Å². The van der Waals surface area contributed by atoms with E-state index in [1.165, 1.54) is 11.1 Å². The standard InChI is InChI=1S/C12H14ClN3/c1-9-11(8-15-16-9)7-14-6-10-3-2-4-12(13)5-10/h2-5,8,14H,6-7H2,1H3,(H,15,16). The molecule has 84 valence electrons. The summed E-state index contributed by atoms with van der Waals surface area (Å²) in [6, 6.07) is 7.87. The normalized spacial score (nSPS) is 10.6. The van der Waals surface area contributed by atoms with Gasteiger partial charge in [-0.2, -0.15) is 5.10 Å². The summed E-state index contributed by atoms with van der Waals surface area (Å²) in [5.41, 5.74) is 3.49. The van der Waals surface area contributed by atoms with Gasteiger partial charge in [-0.15, -0.1) is 0 Å². The van der Waals surface area contributed by atoms with Crippen LogP contribution in [0.25, 0.3) is 0 Å². The highest BCUT2D eigenvalue weighted by molar-refractivity contribution is 6.30. The van der Waals surface area contributed by atoms with Crippen LogP contribution in [0.2, 0.25) is 5.02 Å². The quantitative estimate of drug-likeness (QED) is 0.856. The Morgan fingerprint density at radius 1 is 1.38 bits per heavy atom. The van der Waals surface area contributed by atoms with E-state index in [2.05, 4.69) is 21.6 Å². The molecule has 1 heterocycles. The van der Waals surface area contributed by atoms with Gasteiger partial charge in [-0.25, -0.2) is 0 Å². The predicted octanol–water partition coefficient (Wildman–Crippen LogP) is 2.66. The third-order valence-electron chi connectivity index (χ3n) is 2.47. The molecule has 0 saturated heterocycles. The maximum atomic E-state index is 5.91. The number of aromatic nitrogens is 2. The highest BCUT2D eigenvalue weighted by Crippen LogP contribution is 2.10. The number of nitrogens with one attached hydrogen (secondary N) is 2. The molecule has 2 aromatic rings. The molecule has 4 heteroatoms. The molecule has 1 aromatic carbocycles. The number of rotatable bonds is 4. The van der Waals surface area contributed by atoms with Gasteiger partial charge < -0.3 is 5.32 Å². The van der Waals surface area contributed by atoms with Crippen molar-refractivity contribution >= 4 is 11.6 Å². The van der Waals surface area contributed by atoms with Gasteiger partial charge in [-0.1, -0.05) is 23.7 Å². The molecule has 0 amide bonds. The zero-order valence-corrected chi connectivity index (χ0v) is 9.88. The number of hydrogen-bond acceptors (Lipinski definition) is 2. The summed E-state index contributed by atoms with van der Waals surface area (Å²) in [7, 11) is 0. The molecule has 0 atom stereocenters. The number of benzene rings is 1. The van der Waals surface area contributed by atoms with E-state index >= 15 is 0 Å². The molecule has 0 radical (unpaired) electrons. The Hall–Kier alpha value is -1.32. The second-order valence-corrected chi connectivity index (χ2v) is 4.19. The number of nitrogens with zero attached hydrogens (tertiary/aromatic N) is 1. The minimum atomic E-state index is 0.777. The van der Waals surface area contributed by atoms with Crippen LogP contribution in [0.4, 0.5) is 0 Å². The van der Waals surface area contributed by atoms with Crippen molar-refractivity contribution in [3.8, 4) is 0 Å². The molecule has 2 rings (SSSR count). The Bertz CT molecular complexity index is 465. The van der Waals surface area contributed by atoms with Gasteiger partial charge in [-0.3, -0.25) is 5.10 Å². The number of halogens is 1. The van der Waals surface area contributed by atoms with Crippen LogP contribution in [0.15, 0.2) is 30.5 Å². The Morgan fingerprint density at radius 2 is 2.25 bits per heavy atom. The smallest absolute Gasteiger partial charge is 0.0535 e. The fourth-order valence-corrected chi connectivity index (χ4v) is 1.76. The van der Waals surface area contributed by atoms with Crippen LogP contribution in [0.3, 0.4) is 0 Å². The fraction of sp³-hybridized carbons (Fsp3) is 0.250. The van der Waals surface area contributed by atoms with E-state index in [1.54, 1.807) is 0 Å². The van der Waals surface area contributed by atoms with E-state index in [1.807, 2.05) is 31.3 Å². The molecule has 0 aliphatic rings. The van der Waals surface area contributed by atoms with Crippen molar-refractivity contribution in [2.24, 2.45) is 0 Å². The third kappa shape index (κ3) is 2.84. The maximum Gasteiger partial charge on any atom is 0.0535 e. The minimum Gasteiger partial charge on any atom is -0.308 e. The summed E-state index contributed by atoms with van der Waals surface area (Å²) in [6.45, 7) is 3.64. The van der Waals surface area contributed by atoms with Crippen LogP contribution < -0.4 is 5.32 Å². The zero-order valence-electron chi connectivity index (χ0n) is 9.13.